The molecule has 4 unspecified atom stereocenters. The van der Waals surface area contributed by atoms with E-state index in [9.17, 15) is 13.9 Å². The molecular weight excluding hydrogens is 538 g/mol. The number of hydrogen-bond donors (Lipinski definition) is 2. The molecule has 2 aromatic rings. The number of nitrogens with one attached hydrogen (secondary N) is 2. The van der Waals surface area contributed by atoms with Crippen molar-refractivity contribution in [1.29, 1.82) is 0 Å². The topological polar surface area (TPSA) is 140 Å². The molecule has 12 nitrogen and oxygen atoms in total. The summed E-state index contributed by atoms with van der Waals surface area (Å²) in [5.74, 6) is 1.60. The van der Waals surface area contributed by atoms with Crippen LogP contribution in [0.2, 0.25) is 0 Å². The molecule has 0 saturated heterocycles. The first-order valence-electron chi connectivity index (χ1n) is 12.1. The Labute approximate surface area is 221 Å². The molecule has 38 heavy (non-hydrogen) atoms. The Hall–Kier alpha value is -2.59. The normalized spacial score (nSPS) is 22.7. The third-order valence-corrected chi connectivity index (χ3v) is 9.14. The molecule has 2 aromatic carbocycles. The average molecular weight is 570 g/mol. The number of rotatable bonds is 13. The fourth-order valence-electron chi connectivity index (χ4n) is 4.02. The second kappa shape index (κ2) is 12.1. The monoisotopic (exact) mass is 570 g/mol. The summed E-state index contributed by atoms with van der Waals surface area (Å²) in [5, 5.41) is 5.21. The van der Waals surface area contributed by atoms with Crippen molar-refractivity contribution in [2.75, 3.05) is 33.9 Å². The molecule has 2 aliphatic rings. The fourth-order valence-corrected chi connectivity index (χ4v) is 6.67. The van der Waals surface area contributed by atoms with Crippen molar-refractivity contribution >= 4 is 21.5 Å². The Morgan fingerprint density at radius 1 is 0.816 bits per heavy atom. The number of carbonyl (C=O) groups is 1. The van der Waals surface area contributed by atoms with Gasteiger partial charge in [-0.15, -0.1) is 0 Å². The molecule has 208 valence electrons. The molecule has 0 amide bonds. The Balaban J connectivity index is 1.31. The molecule has 0 aromatic heterocycles. The van der Waals surface area contributed by atoms with Crippen LogP contribution in [0.1, 0.15) is 25.0 Å². The van der Waals surface area contributed by atoms with E-state index in [0.29, 0.717) is 34.8 Å². The van der Waals surface area contributed by atoms with Crippen LogP contribution < -0.4 is 28.3 Å². The third kappa shape index (κ3) is 7.08. The molecule has 0 radical (unpaired) electrons. The van der Waals surface area contributed by atoms with Crippen LogP contribution in [0, 0.1) is 11.8 Å². The predicted octanol–water partition coefficient (Wildman–Crippen LogP) is 4.43. The summed E-state index contributed by atoms with van der Waals surface area (Å²) >= 11 is 0. The van der Waals surface area contributed by atoms with Gasteiger partial charge in [0.2, 0.25) is 0 Å². The van der Waals surface area contributed by atoms with Crippen LogP contribution in [0.3, 0.4) is 0 Å². The zero-order valence-corrected chi connectivity index (χ0v) is 23.4. The van der Waals surface area contributed by atoms with Gasteiger partial charge in [0.25, 0.3) is 0 Å². The lowest BCUT2D eigenvalue weighted by Gasteiger charge is -2.20. The number of fused-ring (bicyclic) bond motifs is 2. The van der Waals surface area contributed by atoms with Crippen molar-refractivity contribution in [3.05, 3.63) is 47.5 Å². The van der Waals surface area contributed by atoms with Gasteiger partial charge in [0, 0.05) is 6.54 Å². The van der Waals surface area contributed by atoms with Crippen molar-refractivity contribution in [2.24, 2.45) is 11.8 Å². The minimum Gasteiger partial charge on any atom is -0.468 e. The number of methoxy groups -OCH3 is 1. The van der Waals surface area contributed by atoms with Gasteiger partial charge < -0.3 is 22.8 Å². The summed E-state index contributed by atoms with van der Waals surface area (Å²) in [6.45, 7) is 4.46. The van der Waals surface area contributed by atoms with Crippen molar-refractivity contribution in [2.45, 2.75) is 26.7 Å². The van der Waals surface area contributed by atoms with Crippen LogP contribution >= 0.6 is 15.5 Å². The van der Waals surface area contributed by atoms with Crippen LogP contribution in [0.5, 0.6) is 23.0 Å². The number of carbonyl (C=O) groups excluding carboxylic acids is 1. The van der Waals surface area contributed by atoms with Gasteiger partial charge in [-0.3, -0.25) is 4.79 Å². The van der Waals surface area contributed by atoms with Crippen molar-refractivity contribution in [3.8, 4) is 23.0 Å². The molecule has 0 aliphatic carbocycles. The van der Waals surface area contributed by atoms with Crippen LogP contribution in [-0.2, 0) is 41.3 Å². The van der Waals surface area contributed by atoms with E-state index < -0.39 is 21.5 Å². The number of benzene rings is 2. The summed E-state index contributed by atoms with van der Waals surface area (Å²) in [6, 6.07) is 11.0. The van der Waals surface area contributed by atoms with E-state index in [1.165, 1.54) is 14.2 Å². The van der Waals surface area contributed by atoms with Crippen LogP contribution in [0.15, 0.2) is 36.4 Å². The zero-order chi connectivity index (χ0) is 27.3. The Morgan fingerprint density at radius 3 is 1.82 bits per heavy atom. The lowest BCUT2D eigenvalue weighted by molar-refractivity contribution is -0.270. The quantitative estimate of drug-likeness (QED) is 0.116. The minimum atomic E-state index is -3.67. The van der Waals surface area contributed by atoms with E-state index in [0.717, 1.165) is 24.0 Å². The average Bonchev–Trinajstić information content (AvgIpc) is 3.40. The van der Waals surface area contributed by atoms with E-state index in [-0.39, 0.29) is 19.7 Å². The largest absolute Gasteiger partial charge is 0.513 e. The van der Waals surface area contributed by atoms with Gasteiger partial charge in [-0.2, -0.15) is 10.2 Å². The summed E-state index contributed by atoms with van der Waals surface area (Å²) < 4.78 is 52.1. The van der Waals surface area contributed by atoms with Crippen LogP contribution in [-0.4, -0.2) is 39.9 Å². The Bertz CT molecular complexity index is 1260. The summed E-state index contributed by atoms with van der Waals surface area (Å²) in [5.41, 5.74) is 2.04. The lowest BCUT2D eigenvalue weighted by atomic mass is 9.85. The van der Waals surface area contributed by atoms with E-state index in [2.05, 4.69) is 33.6 Å². The highest BCUT2D eigenvalue weighted by Gasteiger charge is 2.38. The highest BCUT2D eigenvalue weighted by Crippen LogP contribution is 2.56. The van der Waals surface area contributed by atoms with E-state index >= 15 is 0 Å². The Kier molecular flexibility index (Phi) is 9.03. The summed E-state index contributed by atoms with van der Waals surface area (Å²) in [4.78, 5) is 20.6. The highest BCUT2D eigenvalue weighted by molar-refractivity contribution is 7.53. The molecule has 0 fully saturated rings. The smallest absolute Gasteiger partial charge is 0.468 e. The van der Waals surface area contributed by atoms with Crippen molar-refractivity contribution < 1.29 is 46.5 Å². The van der Waals surface area contributed by atoms with Gasteiger partial charge >= 0.3 is 21.5 Å². The van der Waals surface area contributed by atoms with Gasteiger partial charge in [-0.05, 0) is 60.1 Å². The number of ether oxygens (including phenoxy) is 1. The molecule has 0 bridgehead atoms. The minimum absolute atomic E-state index is 0.194. The molecule has 4 rings (SSSR count). The Morgan fingerprint density at radius 2 is 1.32 bits per heavy atom. The first kappa shape index (κ1) is 28.4. The number of esters is 1. The van der Waals surface area contributed by atoms with Gasteiger partial charge in [0.05, 0.1) is 20.8 Å². The van der Waals surface area contributed by atoms with Crippen molar-refractivity contribution in [1.82, 2.24) is 10.2 Å². The highest BCUT2D eigenvalue weighted by atomic mass is 31.2. The van der Waals surface area contributed by atoms with Crippen molar-refractivity contribution in [3.63, 3.8) is 0 Å². The van der Waals surface area contributed by atoms with Crippen LogP contribution in [0.25, 0.3) is 0 Å². The lowest BCUT2D eigenvalue weighted by Crippen LogP contribution is -2.24. The maximum absolute atomic E-state index is 12.8. The first-order valence-corrected chi connectivity index (χ1v) is 15.2. The molecule has 4 atom stereocenters. The second-order valence-electron chi connectivity index (χ2n) is 9.09. The summed E-state index contributed by atoms with van der Waals surface area (Å²) in [6.07, 6.45) is 1.53. The first-order chi connectivity index (χ1) is 18.1. The van der Waals surface area contributed by atoms with Gasteiger partial charge in [-0.25, -0.2) is 18.9 Å². The van der Waals surface area contributed by atoms with Gasteiger partial charge in [0.15, 0.2) is 23.0 Å². The molecule has 0 spiro atoms. The second-order valence-corrected chi connectivity index (χ2v) is 12.4. The molecular formula is C24H32N2O10P2. The number of hydrogen-bond acceptors (Lipinski definition) is 10. The molecule has 2 heterocycles. The SMILES string of the molecule is COOCCNP1(=O)Oc2ccc(CC(C)C(C)Cc3ccc4c(c3)OP(=O)(NCC(=O)OC)O4)cc2O1. The standard InChI is InChI=1S/C24H32N2O10P2/c1-16(11-18-5-7-20-22(13-18)35-37(28,33-20)25-9-10-32-31-4)17(2)12-19-6-8-21-23(14-19)36-38(29,34-21)26-15-24(27)30-3/h5-8,13-14,16-17H,9-12,15H2,1-4H3,(H,25,28)(H,26,29). The summed E-state index contributed by atoms with van der Waals surface area (Å²) in [7, 11) is -4.53. The van der Waals surface area contributed by atoms with E-state index in [1.54, 1.807) is 18.2 Å². The maximum atomic E-state index is 12.8. The van der Waals surface area contributed by atoms with E-state index in [1.807, 2.05) is 18.2 Å². The third-order valence-electron chi connectivity index (χ3n) is 6.23. The molecule has 2 N–H and O–H groups in total. The zero-order valence-electron chi connectivity index (χ0n) is 21.6. The molecule has 0 saturated carbocycles. The van der Waals surface area contributed by atoms with Crippen LogP contribution in [0.4, 0.5) is 0 Å². The van der Waals surface area contributed by atoms with E-state index in [4.69, 9.17) is 23.0 Å². The predicted molar refractivity (Wildman–Crippen MR) is 137 cm³/mol. The molecule has 2 aliphatic heterocycles. The van der Waals surface area contributed by atoms with Gasteiger partial charge in [0.1, 0.15) is 6.54 Å². The maximum Gasteiger partial charge on any atom is 0.513 e. The molecule has 14 heteroatoms. The van der Waals surface area contributed by atoms with Gasteiger partial charge in [-0.1, -0.05) is 26.0 Å². The fraction of sp³-hybridized carbons (Fsp3) is 0.458.